The first-order chi connectivity index (χ1) is 10.8. The Labute approximate surface area is 134 Å². The molecule has 0 saturated heterocycles. The maximum absolute atomic E-state index is 3.61. The Hall–Kier alpha value is -1.68. The monoisotopic (exact) mass is 297 g/mol. The summed E-state index contributed by atoms with van der Waals surface area (Å²) < 4.78 is 0. The molecule has 2 N–H and O–H groups in total. The highest BCUT2D eigenvalue weighted by Crippen LogP contribution is 2.21. The van der Waals surface area contributed by atoms with E-state index in [0.717, 1.165) is 26.3 Å². The SMILES string of the molecule is CCN(C)CCNCNC(c1ccccc1)c1ccccc1. The molecule has 0 aliphatic rings. The number of hydrogen-bond donors (Lipinski definition) is 2. The molecule has 0 saturated carbocycles. The summed E-state index contributed by atoms with van der Waals surface area (Å²) in [5.74, 6) is 0. The zero-order chi connectivity index (χ0) is 15.6. The largest absolute Gasteiger partial charge is 0.305 e. The van der Waals surface area contributed by atoms with Crippen molar-refractivity contribution in [3.63, 3.8) is 0 Å². The van der Waals surface area contributed by atoms with E-state index in [-0.39, 0.29) is 6.04 Å². The third kappa shape index (κ3) is 5.26. The molecular formula is C19H27N3. The van der Waals surface area contributed by atoms with E-state index in [2.05, 4.69) is 90.2 Å². The van der Waals surface area contributed by atoms with Gasteiger partial charge in [-0.15, -0.1) is 0 Å². The van der Waals surface area contributed by atoms with Crippen LogP contribution >= 0.6 is 0 Å². The molecule has 0 atom stereocenters. The topological polar surface area (TPSA) is 27.3 Å². The second-order valence-electron chi connectivity index (χ2n) is 5.53. The molecule has 3 nitrogen and oxygen atoms in total. The lowest BCUT2D eigenvalue weighted by atomic mass is 9.99. The minimum atomic E-state index is 0.221. The maximum Gasteiger partial charge on any atom is 0.0586 e. The smallest absolute Gasteiger partial charge is 0.0586 e. The molecule has 0 spiro atoms. The van der Waals surface area contributed by atoms with Crippen LogP contribution in [0, 0.1) is 0 Å². The molecule has 0 aromatic heterocycles. The standard InChI is InChI=1S/C19H27N3/c1-3-22(2)15-14-20-16-21-19(17-10-6-4-7-11-17)18-12-8-5-9-13-18/h4-13,19-21H,3,14-16H2,1-2H3. The van der Waals surface area contributed by atoms with Crippen LogP contribution < -0.4 is 10.6 Å². The summed E-state index contributed by atoms with van der Waals surface area (Å²) in [6.45, 7) is 6.13. The highest BCUT2D eigenvalue weighted by atomic mass is 15.1. The van der Waals surface area contributed by atoms with Crippen molar-refractivity contribution < 1.29 is 0 Å². The molecule has 2 rings (SSSR count). The normalized spacial score (nSPS) is 11.3. The molecule has 0 bridgehead atoms. The van der Waals surface area contributed by atoms with Gasteiger partial charge in [0.2, 0.25) is 0 Å². The summed E-state index contributed by atoms with van der Waals surface area (Å²) in [5.41, 5.74) is 2.59. The van der Waals surface area contributed by atoms with Gasteiger partial charge >= 0.3 is 0 Å². The lowest BCUT2D eigenvalue weighted by molar-refractivity contribution is 0.345. The van der Waals surface area contributed by atoms with E-state index in [1.807, 2.05) is 0 Å². The van der Waals surface area contributed by atoms with E-state index >= 15 is 0 Å². The summed E-state index contributed by atoms with van der Waals surface area (Å²) >= 11 is 0. The first-order valence-corrected chi connectivity index (χ1v) is 8.03. The Balaban J connectivity index is 1.92. The first-order valence-electron chi connectivity index (χ1n) is 8.03. The van der Waals surface area contributed by atoms with Gasteiger partial charge in [0.15, 0.2) is 0 Å². The van der Waals surface area contributed by atoms with Crippen LogP contribution in [0.15, 0.2) is 60.7 Å². The van der Waals surface area contributed by atoms with Crippen LogP contribution in [0.25, 0.3) is 0 Å². The van der Waals surface area contributed by atoms with Crippen molar-refractivity contribution in [1.82, 2.24) is 15.5 Å². The molecule has 0 amide bonds. The highest BCUT2D eigenvalue weighted by molar-refractivity contribution is 5.31. The van der Waals surface area contributed by atoms with Gasteiger partial charge in [0.1, 0.15) is 0 Å². The van der Waals surface area contributed by atoms with E-state index in [1.165, 1.54) is 11.1 Å². The average molecular weight is 297 g/mol. The molecule has 2 aromatic carbocycles. The van der Waals surface area contributed by atoms with Crippen LogP contribution in [0.1, 0.15) is 24.1 Å². The van der Waals surface area contributed by atoms with Crippen LogP contribution in [-0.2, 0) is 0 Å². The van der Waals surface area contributed by atoms with Gasteiger partial charge in [0.05, 0.1) is 6.04 Å². The second-order valence-corrected chi connectivity index (χ2v) is 5.53. The van der Waals surface area contributed by atoms with Crippen LogP contribution in [-0.4, -0.2) is 38.3 Å². The molecule has 0 radical (unpaired) electrons. The molecule has 118 valence electrons. The summed E-state index contributed by atoms with van der Waals surface area (Å²) in [5, 5.41) is 7.08. The summed E-state index contributed by atoms with van der Waals surface area (Å²) in [4.78, 5) is 2.30. The van der Waals surface area contributed by atoms with Crippen molar-refractivity contribution in [2.75, 3.05) is 33.4 Å². The van der Waals surface area contributed by atoms with Crippen LogP contribution in [0.5, 0.6) is 0 Å². The van der Waals surface area contributed by atoms with Crippen molar-refractivity contribution in [3.8, 4) is 0 Å². The molecule has 0 heterocycles. The fraction of sp³-hybridized carbons (Fsp3) is 0.368. The number of likely N-dealkylation sites (N-methyl/N-ethyl adjacent to an activating group) is 1. The minimum Gasteiger partial charge on any atom is -0.305 e. The number of nitrogens with zero attached hydrogens (tertiary/aromatic N) is 1. The number of benzene rings is 2. The highest BCUT2D eigenvalue weighted by Gasteiger charge is 2.12. The maximum atomic E-state index is 3.61. The van der Waals surface area contributed by atoms with Crippen molar-refractivity contribution in [2.45, 2.75) is 13.0 Å². The van der Waals surface area contributed by atoms with Gasteiger partial charge in [-0.1, -0.05) is 67.6 Å². The van der Waals surface area contributed by atoms with Gasteiger partial charge in [-0.3, -0.25) is 5.32 Å². The van der Waals surface area contributed by atoms with E-state index in [4.69, 9.17) is 0 Å². The second kappa shape index (κ2) is 9.36. The van der Waals surface area contributed by atoms with E-state index in [1.54, 1.807) is 0 Å². The van der Waals surface area contributed by atoms with Gasteiger partial charge < -0.3 is 10.2 Å². The van der Waals surface area contributed by atoms with E-state index in [0.29, 0.717) is 0 Å². The van der Waals surface area contributed by atoms with E-state index < -0.39 is 0 Å². The predicted molar refractivity (Wildman–Crippen MR) is 93.9 cm³/mol. The molecule has 3 heteroatoms. The third-order valence-electron chi connectivity index (χ3n) is 3.91. The first kappa shape index (κ1) is 16.7. The molecular weight excluding hydrogens is 270 g/mol. The molecule has 2 aromatic rings. The molecule has 22 heavy (non-hydrogen) atoms. The predicted octanol–water partition coefficient (Wildman–Crippen LogP) is 2.86. The average Bonchev–Trinajstić information content (AvgIpc) is 2.59. The van der Waals surface area contributed by atoms with Crippen molar-refractivity contribution in [1.29, 1.82) is 0 Å². The Morgan fingerprint density at radius 3 is 1.95 bits per heavy atom. The lowest BCUT2D eigenvalue weighted by Gasteiger charge is -2.21. The number of rotatable bonds is 9. The molecule has 0 fully saturated rings. The number of hydrogen-bond acceptors (Lipinski definition) is 3. The number of nitrogens with one attached hydrogen (secondary N) is 2. The van der Waals surface area contributed by atoms with Crippen LogP contribution in [0.2, 0.25) is 0 Å². The summed E-state index contributed by atoms with van der Waals surface area (Å²) in [6, 6.07) is 21.4. The van der Waals surface area contributed by atoms with E-state index in [9.17, 15) is 0 Å². The lowest BCUT2D eigenvalue weighted by Crippen LogP contribution is -2.36. The Kier molecular flexibility index (Phi) is 7.10. The van der Waals surface area contributed by atoms with Gasteiger partial charge in [0.25, 0.3) is 0 Å². The minimum absolute atomic E-state index is 0.221. The Morgan fingerprint density at radius 2 is 1.45 bits per heavy atom. The summed E-state index contributed by atoms with van der Waals surface area (Å²) in [7, 11) is 2.14. The fourth-order valence-electron chi connectivity index (χ4n) is 2.41. The van der Waals surface area contributed by atoms with Gasteiger partial charge in [-0.25, -0.2) is 0 Å². The Bertz CT molecular complexity index is 473. The van der Waals surface area contributed by atoms with Gasteiger partial charge in [-0.2, -0.15) is 0 Å². The molecule has 0 aliphatic carbocycles. The van der Waals surface area contributed by atoms with Crippen molar-refractivity contribution in [2.24, 2.45) is 0 Å². The Morgan fingerprint density at radius 1 is 0.909 bits per heavy atom. The van der Waals surface area contributed by atoms with Crippen LogP contribution in [0.3, 0.4) is 0 Å². The molecule has 0 unspecified atom stereocenters. The summed E-state index contributed by atoms with van der Waals surface area (Å²) in [6.07, 6.45) is 0. The van der Waals surface area contributed by atoms with Crippen molar-refractivity contribution in [3.05, 3.63) is 71.8 Å². The fourth-order valence-corrected chi connectivity index (χ4v) is 2.41. The van der Waals surface area contributed by atoms with Crippen LogP contribution in [0.4, 0.5) is 0 Å². The third-order valence-corrected chi connectivity index (χ3v) is 3.91. The zero-order valence-corrected chi connectivity index (χ0v) is 13.6. The zero-order valence-electron chi connectivity index (χ0n) is 13.6. The quantitative estimate of drug-likeness (QED) is 0.550. The molecule has 0 aliphatic heterocycles. The van der Waals surface area contributed by atoms with Crippen molar-refractivity contribution >= 4 is 0 Å². The van der Waals surface area contributed by atoms with Gasteiger partial charge in [-0.05, 0) is 24.7 Å². The van der Waals surface area contributed by atoms with Gasteiger partial charge in [0, 0.05) is 19.8 Å².